The third kappa shape index (κ3) is 4.61. The Hall–Kier alpha value is -2.09. The summed E-state index contributed by atoms with van der Waals surface area (Å²) in [7, 11) is -1.11. The number of ether oxygens (including phenoxy) is 1. The van der Waals surface area contributed by atoms with E-state index < -0.39 is 20.3 Å². The molecule has 8 heteroatoms. The maximum absolute atomic E-state index is 14.7. The molecule has 2 amide bonds. The molecule has 0 saturated carbocycles. The Morgan fingerprint density at radius 3 is 2.67 bits per heavy atom. The lowest BCUT2D eigenvalue weighted by molar-refractivity contribution is -0.121. The molecule has 0 aromatic heterocycles. The molecule has 148 valence electrons. The van der Waals surface area contributed by atoms with Crippen molar-refractivity contribution in [2.75, 3.05) is 36.0 Å². The Labute approximate surface area is 160 Å². The Bertz CT molecular complexity index is 718. The summed E-state index contributed by atoms with van der Waals surface area (Å²) in [4.78, 5) is 27.0. The van der Waals surface area contributed by atoms with E-state index in [1.54, 1.807) is 19.1 Å². The van der Waals surface area contributed by atoms with Crippen LogP contribution in [0.15, 0.2) is 18.2 Å². The van der Waals surface area contributed by atoms with Gasteiger partial charge in [0.15, 0.2) is 0 Å². The molecule has 1 aromatic carbocycles. The van der Waals surface area contributed by atoms with Gasteiger partial charge in [-0.15, -0.1) is 0 Å². The van der Waals surface area contributed by atoms with E-state index in [0.29, 0.717) is 24.3 Å². The van der Waals surface area contributed by atoms with Crippen molar-refractivity contribution in [3.63, 3.8) is 0 Å². The summed E-state index contributed by atoms with van der Waals surface area (Å²) < 4.78 is 20.0. The Morgan fingerprint density at radius 2 is 2.04 bits per heavy atom. The van der Waals surface area contributed by atoms with Crippen LogP contribution in [0.5, 0.6) is 0 Å². The van der Waals surface area contributed by atoms with Crippen molar-refractivity contribution in [2.45, 2.75) is 44.6 Å². The molecule has 2 heterocycles. The number of amides is 2. The van der Waals surface area contributed by atoms with Crippen molar-refractivity contribution in [1.29, 1.82) is 0 Å². The van der Waals surface area contributed by atoms with Crippen molar-refractivity contribution in [3.8, 4) is 0 Å². The first-order valence-electron chi connectivity index (χ1n) is 9.58. The summed E-state index contributed by atoms with van der Waals surface area (Å²) in [6.45, 7) is 8.86. The standard InChI is InChI=1S/C19H28FN3O3Si/c1-4-18(24)21-12-15-13-23(19(25)26-15)14-5-6-17(16(20)11-14)22-7-9-27(2,3)10-8-22/h5-6,11,15H,4,7-10,12-13H2,1-3H3,(H,21,24)/t15-/m0/s1. The zero-order chi connectivity index (χ0) is 19.6. The van der Waals surface area contributed by atoms with Crippen molar-refractivity contribution in [3.05, 3.63) is 24.0 Å². The molecule has 0 aliphatic carbocycles. The number of carbonyl (C=O) groups is 2. The predicted octanol–water partition coefficient (Wildman–Crippen LogP) is 3.21. The van der Waals surface area contributed by atoms with Gasteiger partial charge in [0.25, 0.3) is 0 Å². The van der Waals surface area contributed by atoms with Crippen LogP contribution < -0.4 is 15.1 Å². The number of benzene rings is 1. The van der Waals surface area contributed by atoms with Gasteiger partial charge in [0.05, 0.1) is 32.5 Å². The second-order valence-electron chi connectivity index (χ2n) is 8.06. The maximum Gasteiger partial charge on any atom is 0.414 e. The summed E-state index contributed by atoms with van der Waals surface area (Å²) in [5.41, 5.74) is 1.08. The first-order valence-corrected chi connectivity index (χ1v) is 13.0. The molecule has 2 aliphatic rings. The topological polar surface area (TPSA) is 61.9 Å². The lowest BCUT2D eigenvalue weighted by atomic mass is 10.2. The number of rotatable bonds is 5. The molecule has 0 spiro atoms. The molecule has 2 fully saturated rings. The third-order valence-electron chi connectivity index (χ3n) is 5.42. The minimum absolute atomic E-state index is 0.0901. The second-order valence-corrected chi connectivity index (χ2v) is 13.4. The number of cyclic esters (lactones) is 1. The Balaban J connectivity index is 1.65. The van der Waals surface area contributed by atoms with E-state index in [1.165, 1.54) is 11.0 Å². The van der Waals surface area contributed by atoms with Gasteiger partial charge in [0.2, 0.25) is 5.91 Å². The average Bonchev–Trinajstić information content (AvgIpc) is 3.01. The second kappa shape index (κ2) is 7.88. The molecule has 2 saturated heterocycles. The van der Waals surface area contributed by atoms with Crippen LogP contribution in [0.25, 0.3) is 0 Å². The average molecular weight is 394 g/mol. The van der Waals surface area contributed by atoms with Crippen molar-refractivity contribution in [1.82, 2.24) is 5.32 Å². The van der Waals surface area contributed by atoms with Gasteiger partial charge in [-0.25, -0.2) is 9.18 Å². The van der Waals surface area contributed by atoms with Crippen molar-refractivity contribution in [2.24, 2.45) is 0 Å². The van der Waals surface area contributed by atoms with E-state index in [-0.39, 0.29) is 18.3 Å². The molecule has 1 atom stereocenters. The van der Waals surface area contributed by atoms with Gasteiger partial charge >= 0.3 is 6.09 Å². The first kappa shape index (κ1) is 19.7. The van der Waals surface area contributed by atoms with Crippen LogP contribution in [0.2, 0.25) is 25.2 Å². The highest BCUT2D eigenvalue weighted by molar-refractivity contribution is 6.77. The van der Waals surface area contributed by atoms with E-state index in [0.717, 1.165) is 25.2 Å². The number of halogens is 1. The highest BCUT2D eigenvalue weighted by Gasteiger charge is 2.33. The van der Waals surface area contributed by atoms with E-state index in [2.05, 4.69) is 23.3 Å². The van der Waals surface area contributed by atoms with Crippen LogP contribution in [-0.2, 0) is 9.53 Å². The van der Waals surface area contributed by atoms with Gasteiger partial charge < -0.3 is 15.0 Å². The summed E-state index contributed by atoms with van der Waals surface area (Å²) in [6, 6.07) is 7.25. The Kier molecular flexibility index (Phi) is 5.74. The van der Waals surface area contributed by atoms with Crippen LogP contribution in [-0.4, -0.2) is 52.4 Å². The highest BCUT2D eigenvalue weighted by atomic mass is 28.3. The number of carbonyl (C=O) groups excluding carboxylic acids is 2. The van der Waals surface area contributed by atoms with Gasteiger partial charge in [0.1, 0.15) is 11.9 Å². The highest BCUT2D eigenvalue weighted by Crippen LogP contribution is 2.31. The number of nitrogens with zero attached hydrogens (tertiary/aromatic N) is 2. The molecule has 0 bridgehead atoms. The Morgan fingerprint density at radius 1 is 1.33 bits per heavy atom. The fourth-order valence-electron chi connectivity index (χ4n) is 3.46. The molecular weight excluding hydrogens is 365 g/mol. The summed E-state index contributed by atoms with van der Waals surface area (Å²) in [5, 5.41) is 2.72. The van der Waals surface area contributed by atoms with E-state index in [9.17, 15) is 14.0 Å². The molecule has 1 aromatic rings. The zero-order valence-corrected chi connectivity index (χ0v) is 17.3. The van der Waals surface area contributed by atoms with E-state index in [4.69, 9.17) is 4.74 Å². The molecule has 6 nitrogen and oxygen atoms in total. The molecule has 3 rings (SSSR count). The van der Waals surface area contributed by atoms with Crippen LogP contribution in [0.4, 0.5) is 20.6 Å². The summed E-state index contributed by atoms with van der Waals surface area (Å²) in [5.74, 6) is -0.405. The molecule has 27 heavy (non-hydrogen) atoms. The number of hydrogen-bond acceptors (Lipinski definition) is 4. The van der Waals surface area contributed by atoms with Gasteiger partial charge in [-0.2, -0.15) is 0 Å². The molecule has 0 radical (unpaired) electrons. The van der Waals surface area contributed by atoms with Crippen LogP contribution >= 0.6 is 0 Å². The summed E-state index contributed by atoms with van der Waals surface area (Å²) in [6.07, 6.45) is -0.554. The predicted molar refractivity (Wildman–Crippen MR) is 107 cm³/mol. The van der Waals surface area contributed by atoms with Crippen LogP contribution in [0.1, 0.15) is 13.3 Å². The molecule has 2 aliphatic heterocycles. The quantitative estimate of drug-likeness (QED) is 0.781. The van der Waals surface area contributed by atoms with Crippen molar-refractivity contribution >= 4 is 31.4 Å². The van der Waals surface area contributed by atoms with Gasteiger partial charge in [-0.3, -0.25) is 9.69 Å². The minimum Gasteiger partial charge on any atom is -0.442 e. The number of nitrogens with one attached hydrogen (secondary N) is 1. The number of hydrogen-bond donors (Lipinski definition) is 1. The lowest BCUT2D eigenvalue weighted by Crippen LogP contribution is -2.43. The van der Waals surface area contributed by atoms with Crippen molar-refractivity contribution < 1.29 is 18.7 Å². The monoisotopic (exact) mass is 393 g/mol. The van der Waals surface area contributed by atoms with Crippen LogP contribution in [0, 0.1) is 5.82 Å². The fraction of sp³-hybridized carbons (Fsp3) is 0.579. The van der Waals surface area contributed by atoms with Gasteiger partial charge in [0, 0.05) is 19.5 Å². The smallest absolute Gasteiger partial charge is 0.414 e. The minimum atomic E-state index is -1.11. The normalized spacial score (nSPS) is 21.9. The molecular formula is C19H28FN3O3Si. The van der Waals surface area contributed by atoms with Gasteiger partial charge in [-0.05, 0) is 30.3 Å². The fourth-order valence-corrected chi connectivity index (χ4v) is 5.46. The zero-order valence-electron chi connectivity index (χ0n) is 16.3. The SMILES string of the molecule is CCC(=O)NC[C@H]1CN(c2ccc(N3CC[Si](C)(C)CC3)c(F)c2)C(=O)O1. The third-order valence-corrected chi connectivity index (χ3v) is 8.58. The first-order chi connectivity index (χ1) is 12.8. The van der Waals surface area contributed by atoms with Crippen LogP contribution in [0.3, 0.4) is 0 Å². The largest absolute Gasteiger partial charge is 0.442 e. The lowest BCUT2D eigenvalue weighted by Gasteiger charge is -2.37. The van der Waals surface area contributed by atoms with Gasteiger partial charge in [-0.1, -0.05) is 20.0 Å². The number of anilines is 2. The van der Waals surface area contributed by atoms with E-state index >= 15 is 0 Å². The van der Waals surface area contributed by atoms with E-state index in [1.807, 2.05) is 0 Å². The molecule has 1 N–H and O–H groups in total. The maximum atomic E-state index is 14.7. The summed E-state index contributed by atoms with van der Waals surface area (Å²) >= 11 is 0. The molecule has 0 unspecified atom stereocenters.